The molecule has 12 amide bonds. The van der Waals surface area contributed by atoms with Crippen LogP contribution in [0.15, 0.2) is 12.2 Å². The van der Waals surface area contributed by atoms with Gasteiger partial charge in [0.15, 0.2) is 0 Å². The van der Waals surface area contributed by atoms with Crippen LogP contribution >= 0.6 is 0 Å². The summed E-state index contributed by atoms with van der Waals surface area (Å²) in [5, 5.41) is 23.4. The molecule has 15 atom stereocenters. The van der Waals surface area contributed by atoms with Crippen LogP contribution in [0.4, 0.5) is 4.79 Å². The highest BCUT2D eigenvalue weighted by Crippen LogP contribution is 2.27. The SMILES string of the molecule is C/C=C/C[C@@H](C)[C@@H](O)[C@H]1C(=O)N[C@@H](CC)C(=O)N(C)[C@H](C)C(=O)N(C)[C@@H]([C@@H](C)CN2CCN3C(=O)OCC3C2)C(=O)N[C@@H](C(C)C)C(=O)N(C)[C@@H](CC(C)C)C(=O)N[C@@H](C)C(=O)N[C@H](C)C(=O)N(C)[C@@H](CC(C)C)C(=O)N(C)[C@@H](CC(C)C)C(=O)N(C)[C@@H](C(C)C)C(=O)N1C. The number of aliphatic hydroxyl groups is 1. The van der Waals surface area contributed by atoms with Gasteiger partial charge in [-0.05, 0) is 101 Å². The average molecular weight is 1340 g/mol. The molecule has 3 aliphatic rings. The van der Waals surface area contributed by atoms with Crippen LogP contribution in [0.2, 0.25) is 0 Å². The van der Waals surface area contributed by atoms with Crippen LogP contribution in [-0.2, 0) is 57.5 Å². The first-order valence-electron chi connectivity index (χ1n) is 34.1. The van der Waals surface area contributed by atoms with Gasteiger partial charge in [-0.1, -0.05) is 102 Å². The highest BCUT2D eigenvalue weighted by atomic mass is 16.6. The van der Waals surface area contributed by atoms with Gasteiger partial charge in [-0.15, -0.1) is 0 Å². The van der Waals surface area contributed by atoms with Crippen LogP contribution in [0.25, 0.3) is 0 Å². The number of allylic oxidation sites excluding steroid dienone is 2. The number of hydrogen-bond donors (Lipinski definition) is 5. The van der Waals surface area contributed by atoms with E-state index in [2.05, 4.69) is 26.2 Å². The topological polar surface area (TPSA) is 312 Å². The first-order chi connectivity index (χ1) is 44.1. The fraction of sp³-hybridized carbons (Fsp3) is 0.794. The molecule has 1 unspecified atom stereocenters. The van der Waals surface area contributed by atoms with Crippen molar-refractivity contribution < 1.29 is 67.4 Å². The molecule has 0 radical (unpaired) electrons. The maximum atomic E-state index is 15.3. The second kappa shape index (κ2) is 36.4. The summed E-state index contributed by atoms with van der Waals surface area (Å²) in [6, 6.07) is -14.4. The van der Waals surface area contributed by atoms with Crippen LogP contribution in [-0.4, -0.2) is 281 Å². The Balaban J connectivity index is 2.35. The van der Waals surface area contributed by atoms with Crippen molar-refractivity contribution in [3.05, 3.63) is 12.2 Å². The Morgan fingerprint density at radius 1 is 0.505 bits per heavy atom. The number of cyclic esters (lactones) is 1. The summed E-state index contributed by atoms with van der Waals surface area (Å²) >= 11 is 0. The number of likely N-dealkylation sites (N-methyl/N-ethyl adjacent to an activating group) is 7. The van der Waals surface area contributed by atoms with Gasteiger partial charge in [-0.3, -0.25) is 62.5 Å². The predicted octanol–water partition coefficient (Wildman–Crippen LogP) is 2.38. The Hall–Kier alpha value is -6.90. The summed E-state index contributed by atoms with van der Waals surface area (Å²) in [6.07, 6.45) is 2.31. The molecule has 3 saturated heterocycles. The number of piperazine rings is 1. The molecular weight excluding hydrogens is 1220 g/mol. The van der Waals surface area contributed by atoms with E-state index in [0.717, 1.165) is 9.80 Å². The summed E-state index contributed by atoms with van der Waals surface area (Å²) in [5.41, 5.74) is 0. The minimum absolute atomic E-state index is 0.0175. The molecule has 27 heteroatoms. The number of fused-ring (bicyclic) bond motifs is 1. The lowest BCUT2D eigenvalue weighted by atomic mass is 9.91. The Bertz CT molecular complexity index is 2730. The van der Waals surface area contributed by atoms with Crippen molar-refractivity contribution in [1.29, 1.82) is 0 Å². The maximum Gasteiger partial charge on any atom is 0.410 e. The fourth-order valence-corrected chi connectivity index (χ4v) is 13.0. The van der Waals surface area contributed by atoms with E-state index in [-0.39, 0.29) is 69.1 Å². The number of nitrogens with one attached hydrogen (secondary N) is 4. The van der Waals surface area contributed by atoms with Crippen LogP contribution in [0.3, 0.4) is 0 Å². The second-order valence-electron chi connectivity index (χ2n) is 28.9. The van der Waals surface area contributed by atoms with Gasteiger partial charge in [-0.2, -0.15) is 0 Å². The number of aliphatic hydroxyl groups excluding tert-OH is 1. The Morgan fingerprint density at radius 3 is 1.51 bits per heavy atom. The fourth-order valence-electron chi connectivity index (χ4n) is 13.0. The molecule has 3 heterocycles. The zero-order valence-electron chi connectivity index (χ0n) is 61.6. The maximum absolute atomic E-state index is 15.3. The van der Waals surface area contributed by atoms with Gasteiger partial charge >= 0.3 is 6.09 Å². The van der Waals surface area contributed by atoms with E-state index < -0.39 is 167 Å². The van der Waals surface area contributed by atoms with Crippen molar-refractivity contribution in [2.24, 2.45) is 41.4 Å². The van der Waals surface area contributed by atoms with Crippen LogP contribution < -0.4 is 21.3 Å². The van der Waals surface area contributed by atoms with Gasteiger partial charge in [-0.25, -0.2) is 4.79 Å². The average Bonchev–Trinajstić information content (AvgIpc) is 1.33. The summed E-state index contributed by atoms with van der Waals surface area (Å²) < 4.78 is 5.32. The van der Waals surface area contributed by atoms with E-state index >= 15 is 28.8 Å². The van der Waals surface area contributed by atoms with Crippen molar-refractivity contribution in [3.63, 3.8) is 0 Å². The van der Waals surface area contributed by atoms with Crippen molar-refractivity contribution in [2.75, 3.05) is 82.1 Å². The lowest BCUT2D eigenvalue weighted by molar-refractivity contribution is -0.157. The van der Waals surface area contributed by atoms with Crippen LogP contribution in [0.1, 0.15) is 150 Å². The first kappa shape index (κ1) is 82.3. The van der Waals surface area contributed by atoms with Crippen molar-refractivity contribution in [3.8, 4) is 0 Å². The molecule has 0 aromatic heterocycles. The molecule has 3 aliphatic heterocycles. The van der Waals surface area contributed by atoms with Gasteiger partial charge in [0.1, 0.15) is 73.1 Å². The third-order valence-electron chi connectivity index (χ3n) is 19.1. The molecular formula is C68H119N13O14. The Labute approximate surface area is 565 Å². The third kappa shape index (κ3) is 21.1. The molecule has 0 aromatic carbocycles. The highest BCUT2D eigenvalue weighted by molar-refractivity contribution is 6.00. The van der Waals surface area contributed by atoms with Gasteiger partial charge in [0, 0.05) is 75.5 Å². The molecule has 3 fully saturated rings. The molecule has 0 spiro atoms. The molecule has 0 saturated carbocycles. The first-order valence-corrected chi connectivity index (χ1v) is 34.1. The second-order valence-corrected chi connectivity index (χ2v) is 28.9. The zero-order chi connectivity index (χ0) is 72.7. The van der Waals surface area contributed by atoms with E-state index in [1.54, 1.807) is 72.4 Å². The van der Waals surface area contributed by atoms with Gasteiger partial charge < -0.3 is 65.4 Å². The molecule has 0 aromatic rings. The van der Waals surface area contributed by atoms with E-state index in [0.29, 0.717) is 19.6 Å². The van der Waals surface area contributed by atoms with E-state index in [1.165, 1.54) is 94.6 Å². The summed E-state index contributed by atoms with van der Waals surface area (Å²) in [7, 11) is 9.91. The number of carbonyl (C=O) groups is 12. The lowest BCUT2D eigenvalue weighted by Crippen LogP contribution is -2.64. The smallest absolute Gasteiger partial charge is 0.410 e. The molecule has 540 valence electrons. The molecule has 0 aliphatic carbocycles. The number of carbonyl (C=O) groups excluding carboxylic acids is 12. The normalized spacial score (nSPS) is 28.9. The van der Waals surface area contributed by atoms with E-state index in [1.807, 2.05) is 41.5 Å². The van der Waals surface area contributed by atoms with Crippen molar-refractivity contribution >= 4 is 71.1 Å². The molecule has 3 rings (SSSR count). The van der Waals surface area contributed by atoms with Gasteiger partial charge in [0.05, 0.1) is 12.1 Å². The van der Waals surface area contributed by atoms with Gasteiger partial charge in [0.25, 0.3) is 0 Å². The van der Waals surface area contributed by atoms with Gasteiger partial charge in [0.2, 0.25) is 65.0 Å². The molecule has 95 heavy (non-hydrogen) atoms. The minimum atomic E-state index is -1.65. The van der Waals surface area contributed by atoms with Crippen molar-refractivity contribution in [2.45, 2.75) is 228 Å². The lowest BCUT2D eigenvalue weighted by Gasteiger charge is -2.42. The van der Waals surface area contributed by atoms with E-state index in [9.17, 15) is 33.9 Å². The monoisotopic (exact) mass is 1340 g/mol. The summed E-state index contributed by atoms with van der Waals surface area (Å²) in [6.45, 7) is 30.9. The number of amides is 12. The number of hydrogen-bond acceptors (Lipinski definition) is 15. The largest absolute Gasteiger partial charge is 0.447 e. The Morgan fingerprint density at radius 2 is 0.989 bits per heavy atom. The Kier molecular flexibility index (Phi) is 31.6. The van der Waals surface area contributed by atoms with Crippen molar-refractivity contribution in [1.82, 2.24) is 65.4 Å². The highest BCUT2D eigenvalue weighted by Gasteiger charge is 2.47. The van der Waals surface area contributed by atoms with Crippen LogP contribution in [0, 0.1) is 41.4 Å². The molecule has 5 N–H and O–H groups in total. The van der Waals surface area contributed by atoms with Crippen LogP contribution in [0.5, 0.6) is 0 Å². The number of rotatable bonds is 16. The summed E-state index contributed by atoms with van der Waals surface area (Å²) in [4.78, 5) is 188. The summed E-state index contributed by atoms with van der Waals surface area (Å²) in [5.74, 6) is -10.7. The standard InChI is InChI=1S/C68H119N13O14/c1-25-27-28-42(13)56(82)55-60(86)71-48(26-2)63(89)73(18)46(17)62(88)78(23)54(43(14)34-80-29-30-81-47(35-80)36-95-68(81)94)59(85)72-52(40(9)10)66(92)74(19)49(31-37(3)4)58(84)69-44(15)57(83)70-45(16)61(87)75(20)50(32-38(5)6)64(90)76(21)51(33-39(7)8)65(91)77(22)53(41(11)12)67(93)79(55)24/h25,27,37-56,82H,26,28-36H2,1-24H3,(H,69,84)(H,70,83)(H,71,86)(H,72,85)/b27-25+/t42-,43+,44+,45-,46-,47?,48+,49+,50+,51+,52+,53+,54+,55+,56-/m1/s1. The van der Waals surface area contributed by atoms with E-state index in [4.69, 9.17) is 4.74 Å². The number of ether oxygens (including phenoxy) is 1. The molecule has 27 nitrogen and oxygen atoms in total. The molecule has 0 bridgehead atoms. The zero-order valence-corrected chi connectivity index (χ0v) is 61.6. The predicted molar refractivity (Wildman–Crippen MR) is 361 cm³/mol. The minimum Gasteiger partial charge on any atom is -0.447 e. The quantitative estimate of drug-likeness (QED) is 0.139. The third-order valence-corrected chi connectivity index (χ3v) is 19.1. The number of nitrogens with zero attached hydrogens (tertiary/aromatic N) is 9.